The van der Waals surface area contributed by atoms with Gasteiger partial charge in [0.2, 0.25) is 5.82 Å². The van der Waals surface area contributed by atoms with Crippen molar-refractivity contribution in [3.8, 4) is 23.0 Å². The van der Waals surface area contributed by atoms with Crippen LogP contribution in [0.4, 0.5) is 5.69 Å². The minimum Gasteiger partial charge on any atom is -0.399 e. The van der Waals surface area contributed by atoms with E-state index >= 15 is 0 Å². The fraction of sp³-hybridized carbons (Fsp3) is 0.0833. The van der Waals surface area contributed by atoms with E-state index in [1.54, 1.807) is 28.9 Å². The maximum Gasteiger partial charge on any atom is 0.259 e. The molecule has 6 nitrogen and oxygen atoms in total. The highest BCUT2D eigenvalue weighted by Crippen LogP contribution is 2.29. The van der Waals surface area contributed by atoms with E-state index in [1.165, 1.54) is 0 Å². The van der Waals surface area contributed by atoms with Crippen LogP contribution in [0.5, 0.6) is 0 Å². The molecule has 0 fully saturated rings. The van der Waals surface area contributed by atoms with Gasteiger partial charge in [0.25, 0.3) is 5.89 Å². The second-order valence-corrected chi connectivity index (χ2v) is 4.44. The lowest BCUT2D eigenvalue weighted by atomic mass is 10.2. The summed E-state index contributed by atoms with van der Waals surface area (Å²) in [6.45, 7) is 0. The monoisotopic (exact) mass is 275 g/mol. The Morgan fingerprint density at radius 1 is 1.32 bits per heavy atom. The third-order valence-corrected chi connectivity index (χ3v) is 2.90. The van der Waals surface area contributed by atoms with Crippen molar-refractivity contribution in [1.29, 1.82) is 0 Å². The summed E-state index contributed by atoms with van der Waals surface area (Å²) in [5.41, 5.74) is 7.51. The molecule has 0 radical (unpaired) electrons. The van der Waals surface area contributed by atoms with Gasteiger partial charge in [-0.15, -0.1) is 0 Å². The second-order valence-electron chi connectivity index (χ2n) is 4.04. The summed E-state index contributed by atoms with van der Waals surface area (Å²) in [6.07, 6.45) is 1.81. The Hall–Kier alpha value is -2.34. The molecule has 7 heteroatoms. The first kappa shape index (κ1) is 11.7. The number of hydrogen-bond acceptors (Lipinski definition) is 5. The van der Waals surface area contributed by atoms with E-state index in [0.29, 0.717) is 33.7 Å². The molecule has 0 aliphatic heterocycles. The van der Waals surface area contributed by atoms with Gasteiger partial charge in [0.05, 0.1) is 10.6 Å². The Morgan fingerprint density at radius 2 is 2.16 bits per heavy atom. The van der Waals surface area contributed by atoms with Gasteiger partial charge < -0.3 is 10.3 Å². The van der Waals surface area contributed by atoms with E-state index in [2.05, 4.69) is 15.2 Å². The zero-order valence-corrected chi connectivity index (χ0v) is 10.8. The molecule has 0 bridgehead atoms. The van der Waals surface area contributed by atoms with E-state index < -0.39 is 0 Å². The number of nitrogen functional groups attached to an aromatic ring is 1. The van der Waals surface area contributed by atoms with Crippen molar-refractivity contribution in [3.63, 3.8) is 0 Å². The molecule has 0 saturated carbocycles. The Labute approximate surface area is 113 Å². The van der Waals surface area contributed by atoms with Crippen LogP contribution in [0, 0.1) is 0 Å². The molecule has 0 saturated heterocycles. The van der Waals surface area contributed by atoms with Crippen LogP contribution in [0.1, 0.15) is 0 Å². The third kappa shape index (κ3) is 2.17. The fourth-order valence-corrected chi connectivity index (χ4v) is 1.95. The van der Waals surface area contributed by atoms with Crippen LogP contribution in [-0.4, -0.2) is 19.9 Å². The summed E-state index contributed by atoms with van der Waals surface area (Å²) < 4.78 is 6.87. The number of halogens is 1. The molecule has 0 amide bonds. The number of benzene rings is 1. The maximum absolute atomic E-state index is 6.10. The van der Waals surface area contributed by atoms with Crippen molar-refractivity contribution in [2.24, 2.45) is 7.05 Å². The molecule has 2 heterocycles. The molecule has 0 aliphatic carbocycles. The predicted molar refractivity (Wildman–Crippen MR) is 71.4 cm³/mol. The molecule has 0 unspecified atom stereocenters. The van der Waals surface area contributed by atoms with Crippen molar-refractivity contribution >= 4 is 17.3 Å². The summed E-state index contributed by atoms with van der Waals surface area (Å²) >= 11 is 6.10. The summed E-state index contributed by atoms with van der Waals surface area (Å²) in [6, 6.07) is 6.92. The van der Waals surface area contributed by atoms with Gasteiger partial charge in [-0.05, 0) is 24.3 Å². The number of aryl methyl sites for hydroxylation is 1. The van der Waals surface area contributed by atoms with Crippen LogP contribution >= 0.6 is 11.6 Å². The number of hydrogen-bond donors (Lipinski definition) is 1. The van der Waals surface area contributed by atoms with Crippen LogP contribution in [0.15, 0.2) is 35.0 Å². The minimum absolute atomic E-state index is 0.339. The first-order valence-corrected chi connectivity index (χ1v) is 5.90. The number of nitrogens with zero attached hydrogens (tertiary/aromatic N) is 4. The fourth-order valence-electron chi connectivity index (χ4n) is 1.68. The largest absolute Gasteiger partial charge is 0.399 e. The quantitative estimate of drug-likeness (QED) is 0.726. The van der Waals surface area contributed by atoms with Crippen molar-refractivity contribution in [2.75, 3.05) is 5.73 Å². The average molecular weight is 276 g/mol. The Bertz CT molecular complexity index is 733. The highest BCUT2D eigenvalue weighted by molar-refractivity contribution is 6.33. The van der Waals surface area contributed by atoms with Crippen molar-refractivity contribution in [1.82, 2.24) is 19.9 Å². The lowest BCUT2D eigenvalue weighted by Gasteiger charge is -1.99. The topological polar surface area (TPSA) is 82.8 Å². The zero-order valence-electron chi connectivity index (χ0n) is 10.0. The highest BCUT2D eigenvalue weighted by atomic mass is 35.5. The Balaban J connectivity index is 2.01. The molecule has 2 N–H and O–H groups in total. The van der Waals surface area contributed by atoms with Crippen molar-refractivity contribution in [2.45, 2.75) is 0 Å². The van der Waals surface area contributed by atoms with Crippen molar-refractivity contribution in [3.05, 3.63) is 35.5 Å². The highest BCUT2D eigenvalue weighted by Gasteiger charge is 2.14. The summed E-state index contributed by atoms with van der Waals surface area (Å²) in [4.78, 5) is 4.28. The number of rotatable bonds is 2. The molecule has 0 spiro atoms. The lowest BCUT2D eigenvalue weighted by molar-refractivity contribution is 0.432. The zero-order chi connectivity index (χ0) is 13.4. The van der Waals surface area contributed by atoms with Crippen LogP contribution < -0.4 is 5.73 Å². The van der Waals surface area contributed by atoms with Gasteiger partial charge >= 0.3 is 0 Å². The number of nitrogens with two attached hydrogens (primary N) is 1. The molecule has 1 aromatic carbocycles. The van der Waals surface area contributed by atoms with Crippen LogP contribution in [0.25, 0.3) is 23.0 Å². The third-order valence-electron chi connectivity index (χ3n) is 2.59. The standard InChI is InChI=1S/C12H10ClN5O/c1-18-5-4-10(16-18)11-15-12(19-17-11)8-3-2-7(14)6-9(8)13/h2-6H,14H2,1H3. The molecule has 0 aliphatic rings. The smallest absolute Gasteiger partial charge is 0.259 e. The van der Waals surface area contributed by atoms with Gasteiger partial charge in [0, 0.05) is 18.9 Å². The molecule has 3 aromatic rings. The molecule has 19 heavy (non-hydrogen) atoms. The Morgan fingerprint density at radius 3 is 2.84 bits per heavy atom. The van der Waals surface area contributed by atoms with Crippen LogP contribution in [0.2, 0.25) is 5.02 Å². The average Bonchev–Trinajstić information content (AvgIpc) is 2.97. The Kier molecular flexibility index (Phi) is 2.72. The summed E-state index contributed by atoms with van der Waals surface area (Å²) in [7, 11) is 1.82. The van der Waals surface area contributed by atoms with Crippen LogP contribution in [-0.2, 0) is 7.05 Å². The van der Waals surface area contributed by atoms with E-state index in [0.717, 1.165) is 0 Å². The first-order chi connectivity index (χ1) is 9.13. The minimum atomic E-state index is 0.339. The van der Waals surface area contributed by atoms with E-state index in [-0.39, 0.29) is 0 Å². The molecule has 2 aromatic heterocycles. The first-order valence-electron chi connectivity index (χ1n) is 5.52. The number of aromatic nitrogens is 4. The van der Waals surface area contributed by atoms with Crippen molar-refractivity contribution < 1.29 is 4.52 Å². The van der Waals surface area contributed by atoms with Gasteiger partial charge in [-0.3, -0.25) is 4.68 Å². The lowest BCUT2D eigenvalue weighted by Crippen LogP contribution is -1.89. The summed E-state index contributed by atoms with van der Waals surface area (Å²) in [5.74, 6) is 0.758. The normalized spacial score (nSPS) is 10.8. The molecule has 3 rings (SSSR count). The van der Waals surface area contributed by atoms with E-state index in [4.69, 9.17) is 21.9 Å². The molecule has 0 atom stereocenters. The summed E-state index contributed by atoms with van der Waals surface area (Å²) in [5, 5.41) is 8.56. The van der Waals surface area contributed by atoms with Crippen LogP contribution in [0.3, 0.4) is 0 Å². The molecular weight excluding hydrogens is 266 g/mol. The molecular formula is C12H10ClN5O. The van der Waals surface area contributed by atoms with E-state index in [9.17, 15) is 0 Å². The maximum atomic E-state index is 6.10. The van der Waals surface area contributed by atoms with Gasteiger partial charge in [0.15, 0.2) is 0 Å². The van der Waals surface area contributed by atoms with E-state index in [1.807, 2.05) is 13.2 Å². The molecule has 96 valence electrons. The van der Waals surface area contributed by atoms with Gasteiger partial charge in [-0.25, -0.2) is 0 Å². The SMILES string of the molecule is Cn1ccc(-c2noc(-c3ccc(N)cc3Cl)n2)n1. The van der Waals surface area contributed by atoms with Gasteiger partial charge in [-0.1, -0.05) is 16.8 Å². The van der Waals surface area contributed by atoms with Gasteiger partial charge in [-0.2, -0.15) is 10.1 Å². The predicted octanol–water partition coefficient (Wildman–Crippen LogP) is 2.37. The second kappa shape index (κ2) is 4.40. The number of anilines is 1. The van der Waals surface area contributed by atoms with Gasteiger partial charge in [0.1, 0.15) is 5.69 Å².